The van der Waals surface area contributed by atoms with Gasteiger partial charge in [0, 0.05) is 13.0 Å². The highest BCUT2D eigenvalue weighted by atomic mass is 16.5. The van der Waals surface area contributed by atoms with Crippen LogP contribution in [0.2, 0.25) is 0 Å². The Bertz CT molecular complexity index is 1470. The fourth-order valence-electron chi connectivity index (χ4n) is 4.29. The van der Waals surface area contributed by atoms with Crippen molar-refractivity contribution in [1.82, 2.24) is 4.98 Å². The number of oxazole rings is 1. The van der Waals surface area contributed by atoms with Gasteiger partial charge < -0.3 is 19.0 Å². The third kappa shape index (κ3) is 5.51. The van der Waals surface area contributed by atoms with Crippen LogP contribution in [0.25, 0.3) is 21.9 Å². The van der Waals surface area contributed by atoms with E-state index in [-0.39, 0.29) is 5.56 Å². The average Bonchev–Trinajstić information content (AvgIpc) is 3.36. The number of nitrogens with zero attached hydrogens (tertiary/aromatic N) is 2. The molecule has 7 heteroatoms. The van der Waals surface area contributed by atoms with E-state index in [2.05, 4.69) is 0 Å². The molecule has 4 aromatic carbocycles. The van der Waals surface area contributed by atoms with Crippen molar-refractivity contribution in [1.29, 1.82) is 0 Å². The van der Waals surface area contributed by atoms with Gasteiger partial charge in [0.05, 0.1) is 6.61 Å². The molecule has 0 bridgehead atoms. The summed E-state index contributed by atoms with van der Waals surface area (Å²) < 4.78 is 18.4. The number of fused-ring (bicyclic) bond motifs is 2. The molecule has 1 aromatic heterocycles. The molecule has 0 aliphatic carbocycles. The summed E-state index contributed by atoms with van der Waals surface area (Å²) in [6, 6.07) is 28.7. The molecular formula is C30H28N2O5. The Balaban J connectivity index is 1.43. The van der Waals surface area contributed by atoms with Crippen LogP contribution in [0.4, 0.5) is 6.01 Å². The number of benzene rings is 4. The van der Waals surface area contributed by atoms with E-state index in [0.717, 1.165) is 22.0 Å². The maximum Gasteiger partial charge on any atom is 0.339 e. The highest BCUT2D eigenvalue weighted by molar-refractivity contribution is 5.97. The lowest BCUT2D eigenvalue weighted by Crippen LogP contribution is -2.41. The summed E-state index contributed by atoms with van der Waals surface area (Å²) in [6.07, 6.45) is 0.741. The van der Waals surface area contributed by atoms with Crippen molar-refractivity contribution in [3.63, 3.8) is 0 Å². The highest BCUT2D eigenvalue weighted by Crippen LogP contribution is 2.30. The summed E-state index contributed by atoms with van der Waals surface area (Å²) in [4.78, 5) is 18.7. The van der Waals surface area contributed by atoms with Crippen LogP contribution in [0.5, 0.6) is 11.5 Å². The molecule has 5 aromatic rings. The number of para-hydroxylation sites is 3. The predicted octanol–water partition coefficient (Wildman–Crippen LogP) is 6.77. The molecule has 5 rings (SSSR count). The lowest BCUT2D eigenvalue weighted by molar-refractivity contribution is 0.0688. The molecule has 0 radical (unpaired) electrons. The predicted molar refractivity (Wildman–Crippen MR) is 144 cm³/mol. The monoisotopic (exact) mass is 496 g/mol. The number of aromatic carboxylic acids is 1. The van der Waals surface area contributed by atoms with Gasteiger partial charge in [0.2, 0.25) is 0 Å². The largest absolute Gasteiger partial charge is 0.494 e. The zero-order valence-electron chi connectivity index (χ0n) is 20.5. The van der Waals surface area contributed by atoms with E-state index in [9.17, 15) is 9.90 Å². The van der Waals surface area contributed by atoms with E-state index in [1.165, 1.54) is 0 Å². The molecule has 1 heterocycles. The summed E-state index contributed by atoms with van der Waals surface area (Å²) in [5.74, 6) is 0.0708. The van der Waals surface area contributed by atoms with Gasteiger partial charge in [-0.25, -0.2) is 4.79 Å². The Hall–Kier alpha value is -4.52. The molecule has 1 N–H and O–H groups in total. The number of ether oxygens (including phenoxy) is 2. The quantitative estimate of drug-likeness (QED) is 0.160. The van der Waals surface area contributed by atoms with Crippen LogP contribution in [0.15, 0.2) is 95.4 Å². The number of carboxylic acid groups (broad SMARTS) is 1. The second-order valence-corrected chi connectivity index (χ2v) is 8.65. The summed E-state index contributed by atoms with van der Waals surface area (Å²) in [6.45, 7) is 3.02. The van der Waals surface area contributed by atoms with Crippen LogP contribution in [-0.4, -0.2) is 35.4 Å². The number of aromatic nitrogens is 1. The fraction of sp³-hybridized carbons (Fsp3) is 0.200. The smallest absolute Gasteiger partial charge is 0.339 e. The molecule has 0 aliphatic rings. The SMILES string of the molecule is CCC(Oc1cc2ccccc2cc1C(=O)O)N(CCCOc1ccccc1)c1nc2ccccc2o1. The number of hydrogen-bond acceptors (Lipinski definition) is 6. The Kier molecular flexibility index (Phi) is 7.21. The highest BCUT2D eigenvalue weighted by Gasteiger charge is 2.26. The van der Waals surface area contributed by atoms with Crippen molar-refractivity contribution in [2.45, 2.75) is 26.0 Å². The minimum atomic E-state index is -1.04. The third-order valence-corrected chi connectivity index (χ3v) is 6.12. The van der Waals surface area contributed by atoms with Crippen molar-refractivity contribution in [2.24, 2.45) is 0 Å². The topological polar surface area (TPSA) is 85.0 Å². The van der Waals surface area contributed by atoms with Gasteiger partial charge in [-0.2, -0.15) is 4.98 Å². The Labute approximate surface area is 214 Å². The standard InChI is InChI=1S/C30H28N2O5/c1-2-28(36-27-20-22-12-7-6-11-21(22)19-24(27)29(33)34)32(17-10-18-35-23-13-4-3-5-14-23)30-31-25-15-8-9-16-26(25)37-30/h3-9,11-16,19-20,28H,2,10,17-18H2,1H3,(H,33,34). The van der Waals surface area contributed by atoms with Gasteiger partial charge in [0.15, 0.2) is 11.8 Å². The zero-order chi connectivity index (χ0) is 25.6. The van der Waals surface area contributed by atoms with E-state index in [1.54, 1.807) is 12.1 Å². The van der Waals surface area contributed by atoms with E-state index >= 15 is 0 Å². The molecule has 1 unspecified atom stereocenters. The molecule has 1 atom stereocenters. The summed E-state index contributed by atoms with van der Waals surface area (Å²) >= 11 is 0. The van der Waals surface area contributed by atoms with Crippen LogP contribution in [0, 0.1) is 0 Å². The van der Waals surface area contributed by atoms with Crippen LogP contribution in [-0.2, 0) is 0 Å². The molecule has 0 spiro atoms. The number of anilines is 1. The first-order valence-electron chi connectivity index (χ1n) is 12.3. The Morgan fingerprint density at radius 3 is 2.41 bits per heavy atom. The minimum Gasteiger partial charge on any atom is -0.494 e. The van der Waals surface area contributed by atoms with Crippen molar-refractivity contribution in [2.75, 3.05) is 18.1 Å². The maximum absolute atomic E-state index is 12.1. The van der Waals surface area contributed by atoms with E-state index < -0.39 is 12.2 Å². The third-order valence-electron chi connectivity index (χ3n) is 6.12. The Morgan fingerprint density at radius 1 is 0.973 bits per heavy atom. The molecule has 7 nitrogen and oxygen atoms in total. The summed E-state index contributed by atoms with van der Waals surface area (Å²) in [5.41, 5.74) is 1.53. The molecule has 0 aliphatic heterocycles. The molecule has 0 fully saturated rings. The van der Waals surface area contributed by atoms with Crippen molar-refractivity contribution >= 4 is 33.9 Å². The van der Waals surface area contributed by atoms with Gasteiger partial charge >= 0.3 is 12.0 Å². The van der Waals surface area contributed by atoms with Gasteiger partial charge in [0.25, 0.3) is 0 Å². The molecule has 0 saturated heterocycles. The summed E-state index contributed by atoms with van der Waals surface area (Å²) in [7, 11) is 0. The first-order valence-corrected chi connectivity index (χ1v) is 12.3. The van der Waals surface area contributed by atoms with Crippen LogP contribution in [0.3, 0.4) is 0 Å². The number of rotatable bonds is 11. The van der Waals surface area contributed by atoms with Crippen molar-refractivity contribution in [3.8, 4) is 11.5 Å². The molecule has 37 heavy (non-hydrogen) atoms. The molecule has 0 amide bonds. The number of carboxylic acids is 1. The second-order valence-electron chi connectivity index (χ2n) is 8.65. The van der Waals surface area contributed by atoms with Crippen LogP contribution in [0.1, 0.15) is 30.1 Å². The van der Waals surface area contributed by atoms with Gasteiger partial charge in [-0.3, -0.25) is 4.90 Å². The van der Waals surface area contributed by atoms with Crippen LogP contribution < -0.4 is 14.4 Å². The van der Waals surface area contributed by atoms with E-state index in [4.69, 9.17) is 18.9 Å². The molecular weight excluding hydrogens is 468 g/mol. The van der Waals surface area contributed by atoms with Gasteiger partial charge in [0.1, 0.15) is 22.6 Å². The average molecular weight is 497 g/mol. The first-order chi connectivity index (χ1) is 18.1. The van der Waals surface area contributed by atoms with Crippen LogP contribution >= 0.6 is 0 Å². The molecule has 0 saturated carbocycles. The lowest BCUT2D eigenvalue weighted by Gasteiger charge is -2.30. The van der Waals surface area contributed by atoms with Gasteiger partial charge in [-0.1, -0.05) is 61.5 Å². The number of carbonyl (C=O) groups is 1. The second kappa shape index (κ2) is 11.0. The number of hydrogen-bond donors (Lipinski definition) is 1. The maximum atomic E-state index is 12.1. The van der Waals surface area contributed by atoms with Gasteiger partial charge in [-0.15, -0.1) is 0 Å². The Morgan fingerprint density at radius 2 is 1.68 bits per heavy atom. The zero-order valence-corrected chi connectivity index (χ0v) is 20.5. The van der Waals surface area contributed by atoms with E-state index in [0.29, 0.717) is 43.3 Å². The van der Waals surface area contributed by atoms with Gasteiger partial charge in [-0.05, 0) is 53.6 Å². The van der Waals surface area contributed by atoms with Crippen molar-refractivity contribution < 1.29 is 23.8 Å². The van der Waals surface area contributed by atoms with E-state index in [1.807, 2.05) is 90.7 Å². The van der Waals surface area contributed by atoms with Crippen molar-refractivity contribution in [3.05, 3.63) is 96.6 Å². The molecule has 188 valence electrons. The lowest BCUT2D eigenvalue weighted by atomic mass is 10.1. The fourth-order valence-corrected chi connectivity index (χ4v) is 4.29. The summed E-state index contributed by atoms with van der Waals surface area (Å²) in [5, 5.41) is 11.6. The first kappa shape index (κ1) is 24.2. The minimum absolute atomic E-state index is 0.113. The normalized spacial score (nSPS) is 11.9.